The molecule has 2 nitrogen and oxygen atoms in total. The van der Waals surface area contributed by atoms with E-state index in [0.29, 0.717) is 6.04 Å². The monoisotopic (exact) mass is 222 g/mol. The third kappa shape index (κ3) is 2.43. The second kappa shape index (κ2) is 4.30. The third-order valence-electron chi connectivity index (χ3n) is 5.07. The van der Waals surface area contributed by atoms with Gasteiger partial charge in [0.25, 0.3) is 0 Å². The van der Waals surface area contributed by atoms with Crippen LogP contribution in [-0.2, 0) is 0 Å². The molecule has 0 saturated heterocycles. The summed E-state index contributed by atoms with van der Waals surface area (Å²) in [7, 11) is 0. The summed E-state index contributed by atoms with van der Waals surface area (Å²) in [5.74, 6) is 1.95. The van der Waals surface area contributed by atoms with Crippen molar-refractivity contribution in [2.24, 2.45) is 23.0 Å². The Bertz CT molecular complexity index is 243. The van der Waals surface area contributed by atoms with Crippen LogP contribution >= 0.6 is 0 Å². The SMILES string of the molecule is NC1CCCC(CNCC2(C3CC3)CC2)C1. The lowest BCUT2D eigenvalue weighted by Crippen LogP contribution is -2.35. The molecule has 3 aliphatic rings. The van der Waals surface area contributed by atoms with E-state index >= 15 is 0 Å². The zero-order valence-electron chi connectivity index (χ0n) is 10.4. The quantitative estimate of drug-likeness (QED) is 0.749. The lowest BCUT2D eigenvalue weighted by Gasteiger charge is -2.27. The average Bonchev–Trinajstić information content (AvgIpc) is 3.13. The van der Waals surface area contributed by atoms with E-state index < -0.39 is 0 Å². The molecule has 2 unspecified atom stereocenters. The molecule has 0 aromatic carbocycles. The van der Waals surface area contributed by atoms with Crippen LogP contribution < -0.4 is 11.1 Å². The summed E-state index contributed by atoms with van der Waals surface area (Å²) in [6.45, 7) is 2.52. The summed E-state index contributed by atoms with van der Waals surface area (Å²) in [6, 6.07) is 0.485. The van der Waals surface area contributed by atoms with Gasteiger partial charge < -0.3 is 11.1 Å². The highest BCUT2D eigenvalue weighted by molar-refractivity contribution is 5.05. The van der Waals surface area contributed by atoms with Crippen LogP contribution in [0.5, 0.6) is 0 Å². The van der Waals surface area contributed by atoms with Gasteiger partial charge in [0.2, 0.25) is 0 Å². The number of nitrogens with one attached hydrogen (secondary N) is 1. The molecule has 0 bridgehead atoms. The van der Waals surface area contributed by atoms with Gasteiger partial charge in [0.15, 0.2) is 0 Å². The number of rotatable bonds is 5. The fraction of sp³-hybridized carbons (Fsp3) is 1.00. The molecular weight excluding hydrogens is 196 g/mol. The normalized spacial score (nSPS) is 37.3. The number of hydrogen-bond donors (Lipinski definition) is 2. The van der Waals surface area contributed by atoms with Gasteiger partial charge in [-0.2, -0.15) is 0 Å². The fourth-order valence-electron chi connectivity index (χ4n) is 3.63. The molecule has 0 heterocycles. The molecule has 0 aliphatic heterocycles. The molecule has 16 heavy (non-hydrogen) atoms. The molecule has 2 atom stereocenters. The second-order valence-electron chi connectivity index (χ2n) is 6.56. The van der Waals surface area contributed by atoms with Crippen molar-refractivity contribution in [3.8, 4) is 0 Å². The van der Waals surface area contributed by atoms with Gasteiger partial charge in [0.05, 0.1) is 0 Å². The zero-order chi connectivity index (χ0) is 11.0. The molecule has 3 rings (SSSR count). The maximum atomic E-state index is 6.03. The predicted molar refractivity (Wildman–Crippen MR) is 67.2 cm³/mol. The minimum atomic E-state index is 0.485. The summed E-state index contributed by atoms with van der Waals surface area (Å²) in [5.41, 5.74) is 6.79. The Morgan fingerprint density at radius 2 is 1.94 bits per heavy atom. The molecule has 3 saturated carbocycles. The highest BCUT2D eigenvalue weighted by Gasteiger charge is 2.53. The Morgan fingerprint density at radius 3 is 2.56 bits per heavy atom. The highest BCUT2D eigenvalue weighted by atomic mass is 14.9. The van der Waals surface area contributed by atoms with Crippen LogP contribution in [0.25, 0.3) is 0 Å². The van der Waals surface area contributed by atoms with Gasteiger partial charge >= 0.3 is 0 Å². The lowest BCUT2D eigenvalue weighted by atomic mass is 9.86. The van der Waals surface area contributed by atoms with E-state index in [2.05, 4.69) is 5.32 Å². The first-order chi connectivity index (χ1) is 7.78. The largest absolute Gasteiger partial charge is 0.328 e. The van der Waals surface area contributed by atoms with Crippen LogP contribution in [0.4, 0.5) is 0 Å². The van der Waals surface area contributed by atoms with Crippen LogP contribution in [0.15, 0.2) is 0 Å². The van der Waals surface area contributed by atoms with Crippen molar-refractivity contribution in [2.75, 3.05) is 13.1 Å². The standard InChI is InChI=1S/C14H26N2/c15-13-3-1-2-11(8-13)9-16-10-14(6-7-14)12-4-5-12/h11-13,16H,1-10,15H2. The maximum Gasteiger partial charge on any atom is 0.00419 e. The second-order valence-corrected chi connectivity index (χ2v) is 6.56. The molecule has 0 aromatic heterocycles. The van der Waals surface area contributed by atoms with E-state index in [0.717, 1.165) is 17.3 Å². The molecule has 3 N–H and O–H groups in total. The Kier molecular flexibility index (Phi) is 2.97. The molecule has 0 amide bonds. The summed E-state index contributed by atoms with van der Waals surface area (Å²) < 4.78 is 0. The van der Waals surface area contributed by atoms with Gasteiger partial charge in [0.1, 0.15) is 0 Å². The van der Waals surface area contributed by atoms with Crippen molar-refractivity contribution in [1.29, 1.82) is 0 Å². The Balaban J connectivity index is 1.36. The fourth-order valence-corrected chi connectivity index (χ4v) is 3.63. The van der Waals surface area contributed by atoms with Gasteiger partial charge in [-0.15, -0.1) is 0 Å². The van der Waals surface area contributed by atoms with Gasteiger partial charge in [0, 0.05) is 12.6 Å². The summed E-state index contributed by atoms with van der Waals surface area (Å²) >= 11 is 0. The van der Waals surface area contributed by atoms with Gasteiger partial charge in [-0.05, 0) is 68.7 Å². The first kappa shape index (κ1) is 11.0. The number of hydrogen-bond acceptors (Lipinski definition) is 2. The van der Waals surface area contributed by atoms with Gasteiger partial charge in [-0.1, -0.05) is 6.42 Å². The van der Waals surface area contributed by atoms with Crippen molar-refractivity contribution in [3.05, 3.63) is 0 Å². The van der Waals surface area contributed by atoms with Crippen molar-refractivity contribution in [1.82, 2.24) is 5.32 Å². The van der Waals surface area contributed by atoms with Crippen LogP contribution in [0.2, 0.25) is 0 Å². The van der Waals surface area contributed by atoms with E-state index in [1.54, 1.807) is 0 Å². The van der Waals surface area contributed by atoms with Crippen molar-refractivity contribution >= 4 is 0 Å². The molecule has 0 aromatic rings. The van der Waals surface area contributed by atoms with E-state index in [4.69, 9.17) is 5.73 Å². The van der Waals surface area contributed by atoms with Crippen molar-refractivity contribution < 1.29 is 0 Å². The van der Waals surface area contributed by atoms with Crippen molar-refractivity contribution in [2.45, 2.75) is 57.4 Å². The molecule has 2 heteroatoms. The molecule has 3 fully saturated rings. The highest BCUT2D eigenvalue weighted by Crippen LogP contribution is 2.60. The van der Waals surface area contributed by atoms with Crippen LogP contribution in [0.1, 0.15) is 51.4 Å². The van der Waals surface area contributed by atoms with Gasteiger partial charge in [-0.3, -0.25) is 0 Å². The first-order valence-electron chi connectivity index (χ1n) is 7.25. The number of nitrogens with two attached hydrogens (primary N) is 1. The Morgan fingerprint density at radius 1 is 1.12 bits per heavy atom. The van der Waals surface area contributed by atoms with E-state index in [1.807, 2.05) is 0 Å². The smallest absolute Gasteiger partial charge is 0.00419 e. The average molecular weight is 222 g/mol. The minimum Gasteiger partial charge on any atom is -0.328 e. The minimum absolute atomic E-state index is 0.485. The topological polar surface area (TPSA) is 38.0 Å². The molecule has 92 valence electrons. The molecular formula is C14H26N2. The molecule has 0 radical (unpaired) electrons. The Labute approximate surface area is 99.4 Å². The third-order valence-corrected chi connectivity index (χ3v) is 5.07. The lowest BCUT2D eigenvalue weighted by molar-refractivity contribution is 0.296. The summed E-state index contributed by atoms with van der Waals surface area (Å²) in [6.07, 6.45) is 11.3. The van der Waals surface area contributed by atoms with E-state index in [-0.39, 0.29) is 0 Å². The first-order valence-corrected chi connectivity index (χ1v) is 7.25. The molecule has 0 spiro atoms. The maximum absolute atomic E-state index is 6.03. The van der Waals surface area contributed by atoms with E-state index in [9.17, 15) is 0 Å². The Hall–Kier alpha value is -0.0800. The van der Waals surface area contributed by atoms with Crippen LogP contribution in [-0.4, -0.2) is 19.1 Å². The van der Waals surface area contributed by atoms with Gasteiger partial charge in [-0.25, -0.2) is 0 Å². The van der Waals surface area contributed by atoms with Crippen molar-refractivity contribution in [3.63, 3.8) is 0 Å². The zero-order valence-corrected chi connectivity index (χ0v) is 10.4. The summed E-state index contributed by atoms with van der Waals surface area (Å²) in [5, 5.41) is 3.74. The summed E-state index contributed by atoms with van der Waals surface area (Å²) in [4.78, 5) is 0. The van der Waals surface area contributed by atoms with Crippen LogP contribution in [0, 0.1) is 17.3 Å². The van der Waals surface area contributed by atoms with Crippen LogP contribution in [0.3, 0.4) is 0 Å². The predicted octanol–water partition coefficient (Wildman–Crippen LogP) is 2.28. The van der Waals surface area contributed by atoms with E-state index in [1.165, 1.54) is 64.5 Å². The molecule has 3 aliphatic carbocycles.